The molecule has 1 aromatic heterocycles. The van der Waals surface area contributed by atoms with Crippen LogP contribution in [0.3, 0.4) is 0 Å². The van der Waals surface area contributed by atoms with Crippen LogP contribution < -0.4 is 15.9 Å². The van der Waals surface area contributed by atoms with Gasteiger partial charge in [-0.3, -0.25) is 4.79 Å². The second-order valence-electron chi connectivity index (χ2n) is 7.59. The topological polar surface area (TPSA) is 45.6 Å². The SMILES string of the molecule is CCN(CC)C(=O)c1cccnc1N=P(c1ccccc1)(c1ccccc1)c1ccccc1. The van der Waals surface area contributed by atoms with Gasteiger partial charge in [0.25, 0.3) is 5.91 Å². The van der Waals surface area contributed by atoms with Gasteiger partial charge < -0.3 is 4.90 Å². The lowest BCUT2D eigenvalue weighted by Crippen LogP contribution is -2.30. The molecule has 4 nitrogen and oxygen atoms in total. The van der Waals surface area contributed by atoms with Crippen molar-refractivity contribution in [1.82, 2.24) is 9.88 Å². The summed E-state index contributed by atoms with van der Waals surface area (Å²) in [4.78, 5) is 19.8. The van der Waals surface area contributed by atoms with E-state index >= 15 is 0 Å². The molecule has 3 aromatic carbocycles. The normalized spacial score (nSPS) is 11.1. The molecule has 0 aliphatic carbocycles. The Bertz CT molecular complexity index is 1150. The summed E-state index contributed by atoms with van der Waals surface area (Å²) >= 11 is 0. The van der Waals surface area contributed by atoms with Crippen LogP contribution in [0.2, 0.25) is 0 Å². The number of aromatic nitrogens is 1. The Kier molecular flexibility index (Phi) is 7.16. The zero-order chi connectivity index (χ0) is 23.1. The van der Waals surface area contributed by atoms with Crippen LogP contribution in [0.25, 0.3) is 0 Å². The van der Waals surface area contributed by atoms with Crippen molar-refractivity contribution in [2.75, 3.05) is 13.1 Å². The molecule has 33 heavy (non-hydrogen) atoms. The van der Waals surface area contributed by atoms with Crippen LogP contribution in [0.5, 0.6) is 0 Å². The highest BCUT2D eigenvalue weighted by Gasteiger charge is 2.29. The molecule has 0 aliphatic heterocycles. The van der Waals surface area contributed by atoms with E-state index in [1.54, 1.807) is 6.20 Å². The third kappa shape index (κ3) is 4.53. The molecule has 0 saturated carbocycles. The first-order chi connectivity index (χ1) is 16.2. The fourth-order valence-corrected chi connectivity index (χ4v) is 7.51. The fourth-order valence-electron chi connectivity index (χ4n) is 4.02. The summed E-state index contributed by atoms with van der Waals surface area (Å²) in [5.41, 5.74) is 0.536. The maximum atomic E-state index is 13.4. The summed E-state index contributed by atoms with van der Waals surface area (Å²) < 4.78 is 5.43. The number of rotatable bonds is 7. The summed E-state index contributed by atoms with van der Waals surface area (Å²) in [6.45, 7) is 5.26. The Morgan fingerprint density at radius 1 is 0.727 bits per heavy atom. The Labute approximate surface area is 196 Å². The van der Waals surface area contributed by atoms with E-state index in [4.69, 9.17) is 4.74 Å². The summed E-state index contributed by atoms with van der Waals surface area (Å²) in [5.74, 6) is 0.443. The molecule has 0 aliphatic rings. The van der Waals surface area contributed by atoms with Crippen LogP contribution in [0.15, 0.2) is 114 Å². The molecule has 1 amide bonds. The van der Waals surface area contributed by atoms with E-state index in [1.165, 1.54) is 0 Å². The fraction of sp³-hybridized carbons (Fsp3) is 0.143. The molecule has 0 bridgehead atoms. The van der Waals surface area contributed by atoms with Crippen LogP contribution in [0, 0.1) is 0 Å². The molecule has 1 heterocycles. The van der Waals surface area contributed by atoms with Crippen molar-refractivity contribution in [3.05, 3.63) is 115 Å². The van der Waals surface area contributed by atoms with Crippen molar-refractivity contribution in [2.45, 2.75) is 13.8 Å². The summed E-state index contributed by atoms with van der Waals surface area (Å²) in [6.07, 6.45) is 1.72. The first-order valence-corrected chi connectivity index (χ1v) is 13.0. The Morgan fingerprint density at radius 2 is 1.18 bits per heavy atom. The molecule has 4 aromatic rings. The van der Waals surface area contributed by atoms with E-state index in [-0.39, 0.29) is 5.91 Å². The predicted octanol–water partition coefficient (Wildman–Crippen LogP) is 5.37. The third-order valence-electron chi connectivity index (χ3n) is 5.70. The van der Waals surface area contributed by atoms with E-state index < -0.39 is 7.05 Å². The number of carbonyl (C=O) groups excluding carboxylic acids is 1. The molecule has 4 rings (SSSR count). The smallest absolute Gasteiger partial charge is 0.257 e. The average molecular weight is 454 g/mol. The van der Waals surface area contributed by atoms with Gasteiger partial charge in [0, 0.05) is 35.2 Å². The molecule has 0 unspecified atom stereocenters. The van der Waals surface area contributed by atoms with Gasteiger partial charge in [0.2, 0.25) is 0 Å². The zero-order valence-corrected chi connectivity index (χ0v) is 19.9. The third-order valence-corrected chi connectivity index (χ3v) is 9.33. The molecule has 166 valence electrons. The van der Waals surface area contributed by atoms with Gasteiger partial charge in [0.05, 0.1) is 12.6 Å². The lowest BCUT2D eigenvalue weighted by molar-refractivity contribution is 0.0773. The summed E-state index contributed by atoms with van der Waals surface area (Å²) in [7, 11) is -2.50. The summed E-state index contributed by atoms with van der Waals surface area (Å²) in [5, 5.41) is 3.36. The molecular formula is C28H28N3OP. The molecule has 0 fully saturated rings. The van der Waals surface area contributed by atoms with Gasteiger partial charge >= 0.3 is 0 Å². The molecule has 0 atom stereocenters. The first kappa shape index (κ1) is 22.7. The van der Waals surface area contributed by atoms with E-state index in [0.29, 0.717) is 24.5 Å². The van der Waals surface area contributed by atoms with Crippen LogP contribution >= 0.6 is 7.05 Å². The highest BCUT2D eigenvalue weighted by molar-refractivity contribution is 7.87. The number of benzene rings is 3. The van der Waals surface area contributed by atoms with Gasteiger partial charge in [-0.25, -0.2) is 9.73 Å². The largest absolute Gasteiger partial charge is 0.339 e. The summed E-state index contributed by atoms with van der Waals surface area (Å²) in [6, 6.07) is 34.8. The van der Waals surface area contributed by atoms with Gasteiger partial charge in [-0.1, -0.05) is 91.0 Å². The zero-order valence-electron chi connectivity index (χ0n) is 19.0. The van der Waals surface area contributed by atoms with Gasteiger partial charge in [0.1, 0.15) is 0 Å². The molecule has 0 spiro atoms. The average Bonchev–Trinajstić information content (AvgIpc) is 2.89. The first-order valence-electron chi connectivity index (χ1n) is 11.2. The minimum Gasteiger partial charge on any atom is -0.339 e. The van der Waals surface area contributed by atoms with E-state index in [2.05, 4.69) is 41.4 Å². The van der Waals surface area contributed by atoms with Gasteiger partial charge in [0.15, 0.2) is 5.82 Å². The van der Waals surface area contributed by atoms with Crippen molar-refractivity contribution in [1.29, 1.82) is 0 Å². The lowest BCUT2D eigenvalue weighted by Gasteiger charge is -2.27. The van der Waals surface area contributed by atoms with Crippen molar-refractivity contribution in [2.24, 2.45) is 4.74 Å². The van der Waals surface area contributed by atoms with E-state index in [1.807, 2.05) is 85.5 Å². The number of hydrogen-bond donors (Lipinski definition) is 0. The van der Waals surface area contributed by atoms with Crippen molar-refractivity contribution >= 4 is 34.7 Å². The van der Waals surface area contributed by atoms with Gasteiger partial charge in [-0.2, -0.15) is 0 Å². The maximum Gasteiger partial charge on any atom is 0.257 e. The Morgan fingerprint density at radius 3 is 1.61 bits per heavy atom. The van der Waals surface area contributed by atoms with Gasteiger partial charge in [-0.15, -0.1) is 0 Å². The minimum absolute atomic E-state index is 0.0425. The molecule has 0 saturated heterocycles. The van der Waals surface area contributed by atoms with Crippen molar-refractivity contribution < 1.29 is 4.79 Å². The molecule has 0 radical (unpaired) electrons. The second-order valence-corrected chi connectivity index (χ2v) is 10.6. The Hall–Kier alpha value is -3.49. The second kappa shape index (κ2) is 10.4. The highest BCUT2D eigenvalue weighted by Crippen LogP contribution is 2.49. The van der Waals surface area contributed by atoms with Crippen molar-refractivity contribution in [3.8, 4) is 0 Å². The van der Waals surface area contributed by atoms with Crippen molar-refractivity contribution in [3.63, 3.8) is 0 Å². The van der Waals surface area contributed by atoms with Gasteiger partial charge in [-0.05, 0) is 26.0 Å². The number of carbonyl (C=O) groups is 1. The minimum atomic E-state index is -2.50. The number of hydrogen-bond acceptors (Lipinski definition) is 3. The van der Waals surface area contributed by atoms with E-state index in [0.717, 1.165) is 15.9 Å². The standard InChI is InChI=1S/C28H28N3OP/c1-3-31(4-2)28(32)26-21-14-22-29-27(26)30-33(23-15-8-5-9-16-23,24-17-10-6-11-18-24)25-19-12-7-13-20-25/h5-22H,3-4H2,1-2H3. The lowest BCUT2D eigenvalue weighted by atomic mass is 10.2. The van der Waals surface area contributed by atoms with Crippen LogP contribution in [-0.2, 0) is 0 Å². The number of pyridine rings is 1. The molecular weight excluding hydrogens is 425 g/mol. The Balaban J connectivity index is 2.09. The van der Waals surface area contributed by atoms with Crippen LogP contribution in [0.4, 0.5) is 5.82 Å². The van der Waals surface area contributed by atoms with Crippen LogP contribution in [-0.4, -0.2) is 28.9 Å². The maximum absolute atomic E-state index is 13.4. The van der Waals surface area contributed by atoms with E-state index in [9.17, 15) is 4.79 Å². The number of nitrogens with zero attached hydrogens (tertiary/aromatic N) is 3. The monoisotopic (exact) mass is 453 g/mol. The quantitative estimate of drug-likeness (QED) is 0.353. The molecule has 0 N–H and O–H groups in total. The highest BCUT2D eigenvalue weighted by atomic mass is 31.2. The molecule has 5 heteroatoms. The number of amides is 1. The predicted molar refractivity (Wildman–Crippen MR) is 139 cm³/mol. The van der Waals surface area contributed by atoms with Crippen LogP contribution in [0.1, 0.15) is 24.2 Å².